The minimum absolute atomic E-state index is 0.0256. The zero-order valence-corrected chi connectivity index (χ0v) is 9.53. The molecule has 0 radical (unpaired) electrons. The number of aromatic nitrogens is 1. The number of pyridine rings is 1. The predicted octanol–water partition coefficient (Wildman–Crippen LogP) is 3.27. The number of hydrogen-bond donors (Lipinski definition) is 0. The molecule has 0 unspecified atom stereocenters. The Morgan fingerprint density at radius 2 is 1.88 bits per heavy atom. The van der Waals surface area contributed by atoms with Crippen LogP contribution < -0.4 is 0 Å². The molecule has 2 aromatic rings. The highest BCUT2D eigenvalue weighted by Gasteiger charge is 2.12. The Labute approximate surface area is 98.9 Å². The molecule has 0 saturated carbocycles. The van der Waals surface area contributed by atoms with Crippen LogP contribution in [-0.2, 0) is 0 Å². The van der Waals surface area contributed by atoms with Crippen LogP contribution in [0.15, 0.2) is 42.7 Å². The molecule has 0 aliphatic carbocycles. The molecule has 0 N–H and O–H groups in total. The number of nitrogens with zero attached hydrogens (tertiary/aromatic N) is 1. The summed E-state index contributed by atoms with van der Waals surface area (Å²) in [5, 5.41) is 0.611. The summed E-state index contributed by atoms with van der Waals surface area (Å²) in [6, 6.07) is 8.74. The van der Waals surface area contributed by atoms with Gasteiger partial charge in [-0.2, -0.15) is 0 Å². The Bertz CT molecular complexity index is 523. The predicted molar refractivity (Wildman–Crippen MR) is 63.9 cm³/mol. The molecule has 0 bridgehead atoms. The zero-order chi connectivity index (χ0) is 11.5. The first-order chi connectivity index (χ1) is 7.70. The summed E-state index contributed by atoms with van der Waals surface area (Å²) < 4.78 is 0. The van der Waals surface area contributed by atoms with Gasteiger partial charge in [0.25, 0.3) is 0 Å². The van der Waals surface area contributed by atoms with Gasteiger partial charge in [0.05, 0.1) is 0 Å². The maximum absolute atomic E-state index is 12.1. The molecule has 3 heteroatoms. The third-order valence-electron chi connectivity index (χ3n) is 2.45. The summed E-state index contributed by atoms with van der Waals surface area (Å²) >= 11 is 5.98. The van der Waals surface area contributed by atoms with E-state index in [-0.39, 0.29) is 5.78 Å². The Balaban J connectivity index is 2.46. The highest BCUT2D eigenvalue weighted by molar-refractivity contribution is 6.32. The van der Waals surface area contributed by atoms with Crippen molar-refractivity contribution in [1.29, 1.82) is 0 Å². The van der Waals surface area contributed by atoms with E-state index in [1.54, 1.807) is 42.7 Å². The third-order valence-corrected chi connectivity index (χ3v) is 2.86. The van der Waals surface area contributed by atoms with Gasteiger partial charge in [-0.1, -0.05) is 23.7 Å². The molecule has 1 aromatic heterocycles. The van der Waals surface area contributed by atoms with Gasteiger partial charge in [0.15, 0.2) is 5.78 Å². The van der Waals surface area contributed by atoms with E-state index in [2.05, 4.69) is 4.98 Å². The van der Waals surface area contributed by atoms with Crippen LogP contribution in [0.3, 0.4) is 0 Å². The summed E-state index contributed by atoms with van der Waals surface area (Å²) in [5.41, 5.74) is 2.07. The number of ketones is 1. The number of benzene rings is 1. The normalized spacial score (nSPS) is 10.1. The van der Waals surface area contributed by atoms with Crippen molar-refractivity contribution in [2.24, 2.45) is 0 Å². The van der Waals surface area contributed by atoms with Gasteiger partial charge in [0.2, 0.25) is 0 Å². The van der Waals surface area contributed by atoms with E-state index >= 15 is 0 Å². The van der Waals surface area contributed by atoms with Crippen LogP contribution in [0.4, 0.5) is 0 Å². The van der Waals surface area contributed by atoms with Crippen molar-refractivity contribution in [3.8, 4) is 0 Å². The van der Waals surface area contributed by atoms with Gasteiger partial charge in [-0.05, 0) is 30.7 Å². The van der Waals surface area contributed by atoms with Gasteiger partial charge < -0.3 is 0 Å². The number of carbonyl (C=O) groups is 1. The topological polar surface area (TPSA) is 30.0 Å². The Morgan fingerprint density at radius 1 is 1.19 bits per heavy atom. The second kappa shape index (κ2) is 4.45. The van der Waals surface area contributed by atoms with Gasteiger partial charge >= 0.3 is 0 Å². The fourth-order valence-electron chi connectivity index (χ4n) is 1.51. The molecule has 1 aromatic carbocycles. The van der Waals surface area contributed by atoms with Crippen molar-refractivity contribution < 1.29 is 4.79 Å². The fourth-order valence-corrected chi connectivity index (χ4v) is 1.69. The van der Waals surface area contributed by atoms with E-state index in [9.17, 15) is 4.79 Å². The van der Waals surface area contributed by atoms with Gasteiger partial charge in [0, 0.05) is 28.5 Å². The maximum Gasteiger partial charge on any atom is 0.193 e. The Morgan fingerprint density at radius 3 is 2.56 bits per heavy atom. The highest BCUT2D eigenvalue weighted by Crippen LogP contribution is 2.21. The standard InChI is InChI=1S/C13H10ClNO/c1-9-11(3-2-4-12(9)14)13(16)10-5-7-15-8-6-10/h2-8H,1H3. The van der Waals surface area contributed by atoms with Crippen LogP contribution in [0, 0.1) is 6.92 Å². The van der Waals surface area contributed by atoms with Crippen molar-refractivity contribution in [3.63, 3.8) is 0 Å². The number of halogens is 1. The van der Waals surface area contributed by atoms with Crippen LogP contribution in [0.25, 0.3) is 0 Å². The smallest absolute Gasteiger partial charge is 0.193 e. The quantitative estimate of drug-likeness (QED) is 0.743. The summed E-state index contributed by atoms with van der Waals surface area (Å²) in [4.78, 5) is 16.0. The van der Waals surface area contributed by atoms with E-state index < -0.39 is 0 Å². The van der Waals surface area contributed by atoms with Crippen LogP contribution in [0.2, 0.25) is 5.02 Å². The first kappa shape index (κ1) is 10.8. The van der Waals surface area contributed by atoms with Gasteiger partial charge in [-0.25, -0.2) is 0 Å². The van der Waals surface area contributed by atoms with Crippen LogP contribution in [0.5, 0.6) is 0 Å². The SMILES string of the molecule is Cc1c(Cl)cccc1C(=O)c1ccncc1. The largest absolute Gasteiger partial charge is 0.289 e. The second-order valence-electron chi connectivity index (χ2n) is 3.48. The summed E-state index contributed by atoms with van der Waals surface area (Å²) in [6.45, 7) is 1.84. The average Bonchev–Trinajstić information content (AvgIpc) is 2.33. The lowest BCUT2D eigenvalue weighted by Gasteiger charge is -2.05. The molecule has 1 heterocycles. The van der Waals surface area contributed by atoms with Crippen molar-refractivity contribution in [1.82, 2.24) is 4.98 Å². The third kappa shape index (κ3) is 1.97. The summed E-state index contributed by atoms with van der Waals surface area (Å²) in [7, 11) is 0. The molecular weight excluding hydrogens is 222 g/mol. The molecule has 0 fully saturated rings. The molecule has 2 nitrogen and oxygen atoms in total. The zero-order valence-electron chi connectivity index (χ0n) is 8.77. The van der Waals surface area contributed by atoms with Crippen LogP contribution in [-0.4, -0.2) is 10.8 Å². The summed E-state index contributed by atoms with van der Waals surface area (Å²) in [6.07, 6.45) is 3.21. The highest BCUT2D eigenvalue weighted by atomic mass is 35.5. The molecule has 0 atom stereocenters. The van der Waals surface area contributed by atoms with Crippen LogP contribution >= 0.6 is 11.6 Å². The molecule has 0 aliphatic heterocycles. The molecule has 0 amide bonds. The van der Waals surface area contributed by atoms with Gasteiger partial charge in [-0.3, -0.25) is 9.78 Å². The molecule has 0 spiro atoms. The van der Waals surface area contributed by atoms with Crippen molar-refractivity contribution >= 4 is 17.4 Å². The van der Waals surface area contributed by atoms with Crippen molar-refractivity contribution in [2.75, 3.05) is 0 Å². The van der Waals surface area contributed by atoms with Crippen LogP contribution in [0.1, 0.15) is 21.5 Å². The second-order valence-corrected chi connectivity index (χ2v) is 3.88. The minimum Gasteiger partial charge on any atom is -0.289 e. The molecule has 0 saturated heterocycles. The Kier molecular flexibility index (Phi) is 3.02. The van der Waals surface area contributed by atoms with E-state index in [0.29, 0.717) is 16.1 Å². The average molecular weight is 232 g/mol. The van der Waals surface area contributed by atoms with E-state index in [4.69, 9.17) is 11.6 Å². The Hall–Kier alpha value is -1.67. The van der Waals surface area contributed by atoms with E-state index in [1.165, 1.54) is 0 Å². The minimum atomic E-state index is -0.0256. The fraction of sp³-hybridized carbons (Fsp3) is 0.0769. The number of rotatable bonds is 2. The lowest BCUT2D eigenvalue weighted by Crippen LogP contribution is -2.03. The van der Waals surface area contributed by atoms with E-state index in [0.717, 1.165) is 5.56 Å². The first-order valence-corrected chi connectivity index (χ1v) is 5.28. The monoisotopic (exact) mass is 231 g/mol. The lowest BCUT2D eigenvalue weighted by molar-refractivity contribution is 0.103. The maximum atomic E-state index is 12.1. The van der Waals surface area contributed by atoms with Crippen molar-refractivity contribution in [3.05, 3.63) is 64.4 Å². The molecular formula is C13H10ClNO. The molecule has 0 aliphatic rings. The molecule has 2 rings (SSSR count). The number of hydrogen-bond acceptors (Lipinski definition) is 2. The molecule has 80 valence electrons. The first-order valence-electron chi connectivity index (χ1n) is 4.90. The lowest BCUT2D eigenvalue weighted by atomic mass is 10.00. The van der Waals surface area contributed by atoms with E-state index in [1.807, 2.05) is 6.92 Å². The van der Waals surface area contributed by atoms with Gasteiger partial charge in [-0.15, -0.1) is 0 Å². The van der Waals surface area contributed by atoms with Gasteiger partial charge in [0.1, 0.15) is 0 Å². The van der Waals surface area contributed by atoms with Crippen molar-refractivity contribution in [2.45, 2.75) is 6.92 Å². The molecule has 16 heavy (non-hydrogen) atoms. The number of carbonyl (C=O) groups excluding carboxylic acids is 1. The summed E-state index contributed by atoms with van der Waals surface area (Å²) in [5.74, 6) is -0.0256.